The highest BCUT2D eigenvalue weighted by molar-refractivity contribution is 9.10. The minimum atomic E-state index is -0.706. The molecule has 1 N–H and O–H groups in total. The van der Waals surface area contributed by atoms with Gasteiger partial charge in [0.05, 0.1) is 11.1 Å². The minimum absolute atomic E-state index is 0.325. The van der Waals surface area contributed by atoms with E-state index in [1.54, 1.807) is 24.3 Å². The van der Waals surface area contributed by atoms with Crippen LogP contribution >= 0.6 is 43.5 Å². The van der Waals surface area contributed by atoms with E-state index in [0.29, 0.717) is 15.9 Å². The van der Waals surface area contributed by atoms with E-state index in [-0.39, 0.29) is 5.82 Å². The minimum Gasteiger partial charge on any atom is -0.388 e. The van der Waals surface area contributed by atoms with E-state index >= 15 is 0 Å². The molecule has 1 nitrogen and oxygen atoms in total. The van der Waals surface area contributed by atoms with Crippen molar-refractivity contribution in [3.05, 3.63) is 67.3 Å². The Morgan fingerprint density at radius 2 is 1.89 bits per heavy atom. The summed E-state index contributed by atoms with van der Waals surface area (Å²) in [5.41, 5.74) is 1.46. The lowest BCUT2D eigenvalue weighted by Gasteiger charge is -2.12. The summed E-state index contributed by atoms with van der Waals surface area (Å²) in [6.45, 7) is 0. The molecular weight excluding hydrogens is 398 g/mol. The van der Waals surface area contributed by atoms with Gasteiger partial charge in [-0.3, -0.25) is 0 Å². The van der Waals surface area contributed by atoms with Crippen molar-refractivity contribution < 1.29 is 9.50 Å². The second-order valence-corrected chi connectivity index (χ2v) is 6.35. The fraction of sp³-hybridized carbons (Fsp3) is 0.143. The van der Waals surface area contributed by atoms with Crippen molar-refractivity contribution in [1.29, 1.82) is 0 Å². The largest absolute Gasteiger partial charge is 0.388 e. The third-order valence-corrected chi connectivity index (χ3v) is 4.35. The number of hydrogen-bond donors (Lipinski definition) is 1. The van der Waals surface area contributed by atoms with E-state index in [0.717, 1.165) is 15.6 Å². The van der Waals surface area contributed by atoms with Crippen LogP contribution in [0.4, 0.5) is 4.39 Å². The molecule has 0 amide bonds. The molecule has 0 saturated carbocycles. The second-order valence-electron chi connectivity index (χ2n) is 4.17. The van der Waals surface area contributed by atoms with E-state index in [4.69, 9.17) is 11.6 Å². The van der Waals surface area contributed by atoms with Crippen LogP contribution in [0.15, 0.2) is 45.3 Å². The second kappa shape index (κ2) is 6.35. The molecule has 1 atom stereocenters. The first-order valence-corrected chi connectivity index (χ1v) is 7.50. The molecule has 2 rings (SSSR count). The third kappa shape index (κ3) is 4.02. The summed E-state index contributed by atoms with van der Waals surface area (Å²) in [6.07, 6.45) is -0.369. The molecule has 19 heavy (non-hydrogen) atoms. The number of aliphatic hydroxyl groups excluding tert-OH is 1. The number of aliphatic hydroxyl groups is 1. The zero-order valence-corrected chi connectivity index (χ0v) is 13.6. The van der Waals surface area contributed by atoms with E-state index in [1.807, 2.05) is 0 Å². The van der Waals surface area contributed by atoms with Gasteiger partial charge in [-0.1, -0.05) is 33.6 Å². The highest BCUT2D eigenvalue weighted by Gasteiger charge is 2.11. The van der Waals surface area contributed by atoms with Gasteiger partial charge in [0.25, 0.3) is 0 Å². The lowest BCUT2D eigenvalue weighted by atomic mass is 10.0. The van der Waals surface area contributed by atoms with E-state index in [2.05, 4.69) is 31.9 Å². The van der Waals surface area contributed by atoms with Gasteiger partial charge in [-0.15, -0.1) is 0 Å². The van der Waals surface area contributed by atoms with Crippen LogP contribution in [0.3, 0.4) is 0 Å². The molecule has 0 aliphatic heterocycles. The van der Waals surface area contributed by atoms with Crippen molar-refractivity contribution in [2.24, 2.45) is 0 Å². The SMILES string of the molecule is OC(Cc1cc(F)cc(Br)c1)c1ccc(Cl)c(Br)c1. The smallest absolute Gasteiger partial charge is 0.124 e. The molecule has 0 saturated heterocycles. The van der Waals surface area contributed by atoms with E-state index in [9.17, 15) is 9.50 Å². The Morgan fingerprint density at radius 3 is 2.53 bits per heavy atom. The monoisotopic (exact) mass is 406 g/mol. The number of rotatable bonds is 3. The molecule has 0 aromatic heterocycles. The van der Waals surface area contributed by atoms with Crippen molar-refractivity contribution in [2.75, 3.05) is 0 Å². The summed E-state index contributed by atoms with van der Waals surface area (Å²) in [5, 5.41) is 10.8. The number of benzene rings is 2. The predicted molar refractivity (Wildman–Crippen MR) is 81.9 cm³/mol. The molecule has 100 valence electrons. The quantitative estimate of drug-likeness (QED) is 0.733. The van der Waals surface area contributed by atoms with Crippen LogP contribution in [-0.4, -0.2) is 5.11 Å². The molecular formula is C14H10Br2ClFO. The Balaban J connectivity index is 2.20. The first kappa shape index (κ1) is 15.0. The summed E-state index contributed by atoms with van der Waals surface area (Å²) < 4.78 is 14.6. The van der Waals surface area contributed by atoms with Crippen LogP contribution in [-0.2, 0) is 6.42 Å². The van der Waals surface area contributed by atoms with Crippen molar-refractivity contribution in [2.45, 2.75) is 12.5 Å². The Labute approximate surface area is 132 Å². The van der Waals surface area contributed by atoms with E-state index in [1.165, 1.54) is 12.1 Å². The average Bonchev–Trinajstić information content (AvgIpc) is 2.31. The Hall–Kier alpha value is -0.420. The molecule has 0 fully saturated rings. The maximum Gasteiger partial charge on any atom is 0.124 e. The Morgan fingerprint density at radius 1 is 1.16 bits per heavy atom. The van der Waals surface area contributed by atoms with Gasteiger partial charge in [-0.05, 0) is 57.4 Å². The van der Waals surface area contributed by atoms with Crippen LogP contribution in [0.2, 0.25) is 5.02 Å². The van der Waals surface area contributed by atoms with Crippen molar-refractivity contribution in [3.8, 4) is 0 Å². The molecule has 5 heteroatoms. The molecule has 0 spiro atoms. The van der Waals surface area contributed by atoms with E-state index < -0.39 is 6.10 Å². The number of halogens is 4. The van der Waals surface area contributed by atoms with Crippen molar-refractivity contribution in [3.63, 3.8) is 0 Å². The van der Waals surface area contributed by atoms with Crippen LogP contribution in [0.1, 0.15) is 17.2 Å². The third-order valence-electron chi connectivity index (χ3n) is 2.68. The van der Waals surface area contributed by atoms with Gasteiger partial charge in [0, 0.05) is 15.4 Å². The zero-order valence-electron chi connectivity index (χ0n) is 9.71. The van der Waals surface area contributed by atoms with Crippen molar-refractivity contribution >= 4 is 43.5 Å². The Bertz CT molecular complexity index is 584. The first-order chi connectivity index (χ1) is 8.95. The normalized spacial score (nSPS) is 12.5. The average molecular weight is 408 g/mol. The molecule has 0 aliphatic carbocycles. The van der Waals surface area contributed by atoms with Crippen LogP contribution in [0.5, 0.6) is 0 Å². The van der Waals surface area contributed by atoms with Gasteiger partial charge in [0.15, 0.2) is 0 Å². The van der Waals surface area contributed by atoms with Gasteiger partial charge in [-0.2, -0.15) is 0 Å². The van der Waals surface area contributed by atoms with Gasteiger partial charge < -0.3 is 5.11 Å². The van der Waals surface area contributed by atoms with Crippen LogP contribution in [0.25, 0.3) is 0 Å². The molecule has 1 unspecified atom stereocenters. The fourth-order valence-corrected chi connectivity index (χ4v) is 2.82. The van der Waals surface area contributed by atoms with Gasteiger partial charge in [0.2, 0.25) is 0 Å². The number of hydrogen-bond acceptors (Lipinski definition) is 1. The van der Waals surface area contributed by atoms with Crippen LogP contribution < -0.4 is 0 Å². The summed E-state index contributed by atoms with van der Waals surface area (Å²) in [5.74, 6) is -0.325. The standard InChI is InChI=1S/C14H10Br2ClFO/c15-10-3-8(4-11(18)7-10)5-14(19)9-1-2-13(17)12(16)6-9/h1-4,6-7,14,19H,5H2. The highest BCUT2D eigenvalue weighted by atomic mass is 79.9. The van der Waals surface area contributed by atoms with Crippen LogP contribution in [0, 0.1) is 5.82 Å². The predicted octanol–water partition coefficient (Wildman–Crippen LogP) is 5.28. The lowest BCUT2D eigenvalue weighted by molar-refractivity contribution is 0.178. The molecule has 0 radical (unpaired) electrons. The maximum absolute atomic E-state index is 13.3. The first-order valence-electron chi connectivity index (χ1n) is 5.53. The summed E-state index contributed by atoms with van der Waals surface area (Å²) in [7, 11) is 0. The maximum atomic E-state index is 13.3. The molecule has 2 aromatic carbocycles. The fourth-order valence-electron chi connectivity index (χ4n) is 1.79. The lowest BCUT2D eigenvalue weighted by Crippen LogP contribution is -2.02. The zero-order chi connectivity index (χ0) is 14.0. The Kier molecular flexibility index (Phi) is 5.01. The molecule has 0 heterocycles. The highest BCUT2D eigenvalue weighted by Crippen LogP contribution is 2.28. The summed E-state index contributed by atoms with van der Waals surface area (Å²) in [6, 6.07) is 9.82. The van der Waals surface area contributed by atoms with Gasteiger partial charge in [0.1, 0.15) is 5.82 Å². The molecule has 0 aliphatic rings. The molecule has 2 aromatic rings. The summed E-state index contributed by atoms with van der Waals surface area (Å²) >= 11 is 12.4. The molecule has 0 bridgehead atoms. The summed E-state index contributed by atoms with van der Waals surface area (Å²) in [4.78, 5) is 0. The topological polar surface area (TPSA) is 20.2 Å². The van der Waals surface area contributed by atoms with Gasteiger partial charge in [-0.25, -0.2) is 4.39 Å². The van der Waals surface area contributed by atoms with Gasteiger partial charge >= 0.3 is 0 Å². The van der Waals surface area contributed by atoms with Crippen molar-refractivity contribution in [1.82, 2.24) is 0 Å².